The van der Waals surface area contributed by atoms with Crippen LogP contribution in [0, 0.1) is 6.92 Å². The zero-order valence-electron chi connectivity index (χ0n) is 21.3. The van der Waals surface area contributed by atoms with Gasteiger partial charge in [-0.1, -0.05) is 49.6 Å². The molecule has 0 bridgehead atoms. The highest BCUT2D eigenvalue weighted by Crippen LogP contribution is 2.25. The molecule has 7 nitrogen and oxygen atoms in total. The maximum absolute atomic E-state index is 12.9. The van der Waals surface area contributed by atoms with Gasteiger partial charge in [-0.2, -0.15) is 0 Å². The molecule has 0 aliphatic carbocycles. The third-order valence-corrected chi connectivity index (χ3v) is 5.86. The summed E-state index contributed by atoms with van der Waals surface area (Å²) in [6, 6.07) is 15.8. The van der Waals surface area contributed by atoms with E-state index in [1.165, 1.54) is 6.08 Å². The summed E-state index contributed by atoms with van der Waals surface area (Å²) in [5.74, 6) is 1.14. The number of ether oxygens (including phenoxy) is 2. The second-order valence-corrected chi connectivity index (χ2v) is 8.85. The summed E-state index contributed by atoms with van der Waals surface area (Å²) in [5.41, 5.74) is 4.52. The molecule has 1 aromatic heterocycles. The second kappa shape index (κ2) is 11.9. The Bertz CT molecular complexity index is 1320. The predicted octanol–water partition coefficient (Wildman–Crippen LogP) is 4.80. The number of allylic oxidation sites excluding steroid dienone is 1. The molecule has 2 heterocycles. The summed E-state index contributed by atoms with van der Waals surface area (Å²) in [4.78, 5) is 19.3. The fourth-order valence-corrected chi connectivity index (χ4v) is 4.13. The highest BCUT2D eigenvalue weighted by molar-refractivity contribution is 5.93. The quantitative estimate of drug-likeness (QED) is 0.340. The summed E-state index contributed by atoms with van der Waals surface area (Å²) >= 11 is 0. The van der Waals surface area contributed by atoms with E-state index in [9.17, 15) is 4.79 Å². The van der Waals surface area contributed by atoms with Gasteiger partial charge in [0.25, 0.3) is 0 Å². The van der Waals surface area contributed by atoms with Gasteiger partial charge >= 0.3 is 0 Å². The summed E-state index contributed by atoms with van der Waals surface area (Å²) in [5, 5.41) is 3.05. The van der Waals surface area contributed by atoms with E-state index in [0.717, 1.165) is 28.2 Å². The van der Waals surface area contributed by atoms with Crippen molar-refractivity contribution >= 4 is 12.0 Å². The molecule has 37 heavy (non-hydrogen) atoms. The van der Waals surface area contributed by atoms with Gasteiger partial charge in [-0.3, -0.25) is 4.79 Å². The van der Waals surface area contributed by atoms with Crippen molar-refractivity contribution in [1.82, 2.24) is 19.8 Å². The van der Waals surface area contributed by atoms with Gasteiger partial charge in [0.2, 0.25) is 5.91 Å². The van der Waals surface area contributed by atoms with E-state index in [1.807, 2.05) is 72.4 Å². The SMILES string of the molecule is C=CC1CN(/C=C(\Cc2ccccc2)NC(=O)/C=C/c2ccc(-n3cnc(C)c3)c(OC)c2)CC(=C)O1. The molecule has 0 spiro atoms. The molecular formula is C30H32N4O3. The van der Waals surface area contributed by atoms with Crippen molar-refractivity contribution in [1.29, 1.82) is 0 Å². The van der Waals surface area contributed by atoms with Gasteiger partial charge in [0.05, 0.1) is 37.9 Å². The fraction of sp³-hybridized carbons (Fsp3) is 0.200. The number of amides is 1. The van der Waals surface area contributed by atoms with Crippen LogP contribution in [0.5, 0.6) is 5.75 Å². The van der Waals surface area contributed by atoms with Crippen molar-refractivity contribution in [3.63, 3.8) is 0 Å². The average Bonchev–Trinajstić information content (AvgIpc) is 3.33. The number of imidazole rings is 1. The summed E-state index contributed by atoms with van der Waals surface area (Å²) in [7, 11) is 1.63. The standard InChI is InChI=1S/C30H32N4O3/c1-5-27-20-33(18-23(3)37-27)19-26(15-24-9-7-6-8-10-24)32-30(35)14-12-25-11-13-28(29(16-25)36-4)34-17-22(2)31-21-34/h5-14,16-17,19,21,27H,1,3,15,18,20H2,2,4H3,(H,32,35)/b14-12+,26-19+. The van der Waals surface area contributed by atoms with Crippen molar-refractivity contribution in [2.45, 2.75) is 19.4 Å². The molecule has 1 saturated heterocycles. The zero-order valence-corrected chi connectivity index (χ0v) is 21.3. The number of morpholine rings is 1. The number of nitrogens with zero attached hydrogens (tertiary/aromatic N) is 3. The van der Waals surface area contributed by atoms with Crippen LogP contribution in [0.25, 0.3) is 11.8 Å². The number of aryl methyl sites for hydroxylation is 1. The number of benzene rings is 2. The first kappa shape index (κ1) is 25.6. The van der Waals surface area contributed by atoms with Crippen LogP contribution in [0.1, 0.15) is 16.8 Å². The lowest BCUT2D eigenvalue weighted by Gasteiger charge is -2.33. The number of rotatable bonds is 9. The van der Waals surface area contributed by atoms with Crippen LogP contribution >= 0.6 is 0 Å². The first-order valence-corrected chi connectivity index (χ1v) is 12.1. The zero-order chi connectivity index (χ0) is 26.2. The van der Waals surface area contributed by atoms with Crippen LogP contribution in [-0.4, -0.2) is 46.7 Å². The molecule has 0 radical (unpaired) electrons. The predicted molar refractivity (Wildman–Crippen MR) is 146 cm³/mol. The van der Waals surface area contributed by atoms with Crippen molar-refractivity contribution in [2.75, 3.05) is 20.2 Å². The van der Waals surface area contributed by atoms with Crippen molar-refractivity contribution in [3.8, 4) is 11.4 Å². The van der Waals surface area contributed by atoms with E-state index in [2.05, 4.69) is 28.4 Å². The molecule has 1 aliphatic rings. The summed E-state index contributed by atoms with van der Waals surface area (Å²) in [6.07, 6.45) is 11.1. The summed E-state index contributed by atoms with van der Waals surface area (Å²) < 4.78 is 13.2. The molecule has 1 atom stereocenters. The van der Waals surface area contributed by atoms with Gasteiger partial charge in [-0.15, -0.1) is 0 Å². The van der Waals surface area contributed by atoms with Crippen LogP contribution in [0.2, 0.25) is 0 Å². The van der Waals surface area contributed by atoms with Gasteiger partial charge in [0.1, 0.15) is 17.6 Å². The van der Waals surface area contributed by atoms with E-state index in [-0.39, 0.29) is 12.0 Å². The molecule has 1 N–H and O–H groups in total. The lowest BCUT2D eigenvalue weighted by Crippen LogP contribution is -2.38. The maximum Gasteiger partial charge on any atom is 0.248 e. The largest absolute Gasteiger partial charge is 0.495 e. The highest BCUT2D eigenvalue weighted by atomic mass is 16.5. The van der Waals surface area contributed by atoms with E-state index in [0.29, 0.717) is 31.0 Å². The molecule has 0 saturated carbocycles. The number of aromatic nitrogens is 2. The number of hydrogen-bond donors (Lipinski definition) is 1. The molecule has 3 aromatic rings. The van der Waals surface area contributed by atoms with Crippen LogP contribution in [0.3, 0.4) is 0 Å². The normalized spacial score (nSPS) is 15.9. The molecule has 7 heteroatoms. The number of carbonyl (C=O) groups is 1. The number of carbonyl (C=O) groups excluding carboxylic acids is 1. The number of methoxy groups -OCH3 is 1. The molecule has 1 aliphatic heterocycles. The van der Waals surface area contributed by atoms with Gasteiger partial charge in [0.15, 0.2) is 0 Å². The summed E-state index contributed by atoms with van der Waals surface area (Å²) in [6.45, 7) is 10.9. The van der Waals surface area contributed by atoms with E-state index < -0.39 is 0 Å². The van der Waals surface area contributed by atoms with Crippen LogP contribution in [0.4, 0.5) is 0 Å². The third-order valence-electron chi connectivity index (χ3n) is 5.86. The lowest BCUT2D eigenvalue weighted by atomic mass is 10.1. The Morgan fingerprint density at radius 3 is 2.78 bits per heavy atom. The van der Waals surface area contributed by atoms with E-state index in [1.54, 1.807) is 25.6 Å². The fourth-order valence-electron chi connectivity index (χ4n) is 4.13. The van der Waals surface area contributed by atoms with E-state index >= 15 is 0 Å². The van der Waals surface area contributed by atoms with Gasteiger partial charge in [0, 0.05) is 30.6 Å². The Kier molecular flexibility index (Phi) is 8.26. The van der Waals surface area contributed by atoms with E-state index in [4.69, 9.17) is 9.47 Å². The van der Waals surface area contributed by atoms with Gasteiger partial charge in [-0.05, 0) is 42.3 Å². The molecule has 1 fully saturated rings. The Morgan fingerprint density at radius 1 is 1.27 bits per heavy atom. The molecule has 2 aromatic carbocycles. The van der Waals surface area contributed by atoms with Gasteiger partial charge in [-0.25, -0.2) is 4.98 Å². The van der Waals surface area contributed by atoms with Gasteiger partial charge < -0.3 is 24.3 Å². The lowest BCUT2D eigenvalue weighted by molar-refractivity contribution is -0.115. The van der Waals surface area contributed by atoms with Crippen LogP contribution < -0.4 is 10.1 Å². The maximum atomic E-state index is 12.9. The first-order valence-electron chi connectivity index (χ1n) is 12.1. The highest BCUT2D eigenvalue weighted by Gasteiger charge is 2.19. The Morgan fingerprint density at radius 2 is 2.08 bits per heavy atom. The first-order chi connectivity index (χ1) is 17.9. The molecule has 190 valence electrons. The second-order valence-electron chi connectivity index (χ2n) is 8.85. The Labute approximate surface area is 218 Å². The molecule has 1 amide bonds. The minimum atomic E-state index is -0.220. The third kappa shape index (κ3) is 7.01. The average molecular weight is 497 g/mol. The molecule has 1 unspecified atom stereocenters. The molecule has 4 rings (SSSR count). The van der Waals surface area contributed by atoms with Crippen LogP contribution in [-0.2, 0) is 16.0 Å². The monoisotopic (exact) mass is 496 g/mol. The Hall–Kier alpha value is -4.52. The topological polar surface area (TPSA) is 68.6 Å². The molecular weight excluding hydrogens is 464 g/mol. The number of nitrogens with one attached hydrogen (secondary N) is 1. The van der Waals surface area contributed by atoms with Crippen molar-refractivity contribution in [3.05, 3.63) is 121 Å². The Balaban J connectivity index is 1.50. The minimum Gasteiger partial charge on any atom is -0.495 e. The smallest absolute Gasteiger partial charge is 0.248 e. The van der Waals surface area contributed by atoms with Crippen molar-refractivity contribution in [2.24, 2.45) is 0 Å². The van der Waals surface area contributed by atoms with Crippen LogP contribution in [0.15, 0.2) is 104 Å². The minimum absolute atomic E-state index is 0.143. The van der Waals surface area contributed by atoms with Crippen molar-refractivity contribution < 1.29 is 14.3 Å². The number of hydrogen-bond acceptors (Lipinski definition) is 5.